The Morgan fingerprint density at radius 2 is 1.79 bits per heavy atom. The number of halogens is 2. The van der Waals surface area contributed by atoms with Crippen molar-refractivity contribution in [3.63, 3.8) is 0 Å². The van der Waals surface area contributed by atoms with E-state index >= 15 is 0 Å². The number of likely N-dealkylation sites (tertiary alicyclic amines) is 1. The van der Waals surface area contributed by atoms with Gasteiger partial charge < -0.3 is 15.0 Å². The molecule has 0 bridgehead atoms. The van der Waals surface area contributed by atoms with Gasteiger partial charge in [-0.05, 0) is 24.6 Å². The van der Waals surface area contributed by atoms with E-state index in [-0.39, 0.29) is 24.9 Å². The number of ether oxygens (including phenoxy) is 1. The number of esters is 1. The Balaban J connectivity index is 1.53. The van der Waals surface area contributed by atoms with Crippen molar-refractivity contribution >= 4 is 23.5 Å². The topological polar surface area (TPSA) is 75.7 Å². The standard InChI is InChI=1S/C21H20F2N2O4/c1-13(14-6-3-2-4-7-14)25-11-15(10-19(25)27)21(28)29-12-18(26)24-20-16(22)8-5-9-17(20)23/h2-9,13,15H,10-12H2,1H3,(H,24,26)/t13-,15+/m0/s1. The Morgan fingerprint density at radius 3 is 2.45 bits per heavy atom. The first-order chi connectivity index (χ1) is 13.9. The minimum absolute atomic E-state index is 0.0143. The molecule has 1 N–H and O–H groups in total. The van der Waals surface area contributed by atoms with Gasteiger partial charge in [0.25, 0.3) is 5.91 Å². The fourth-order valence-electron chi connectivity index (χ4n) is 3.22. The van der Waals surface area contributed by atoms with Gasteiger partial charge in [0.05, 0.1) is 12.0 Å². The highest BCUT2D eigenvalue weighted by Crippen LogP contribution is 2.29. The molecule has 0 spiro atoms. The van der Waals surface area contributed by atoms with Crippen LogP contribution in [-0.2, 0) is 19.1 Å². The molecule has 1 fully saturated rings. The summed E-state index contributed by atoms with van der Waals surface area (Å²) in [5.41, 5.74) is 0.341. The summed E-state index contributed by atoms with van der Waals surface area (Å²) in [5.74, 6) is -4.33. The second-order valence-corrected chi connectivity index (χ2v) is 6.79. The molecule has 2 atom stereocenters. The van der Waals surface area contributed by atoms with Crippen molar-refractivity contribution in [1.29, 1.82) is 0 Å². The number of para-hydroxylation sites is 1. The van der Waals surface area contributed by atoms with Crippen LogP contribution in [0.15, 0.2) is 48.5 Å². The van der Waals surface area contributed by atoms with E-state index in [0.29, 0.717) is 0 Å². The van der Waals surface area contributed by atoms with Crippen LogP contribution in [0.4, 0.5) is 14.5 Å². The lowest BCUT2D eigenvalue weighted by Crippen LogP contribution is -2.30. The lowest BCUT2D eigenvalue weighted by atomic mass is 10.1. The molecule has 3 rings (SSSR count). The number of hydrogen-bond acceptors (Lipinski definition) is 4. The first-order valence-electron chi connectivity index (χ1n) is 9.11. The molecule has 29 heavy (non-hydrogen) atoms. The van der Waals surface area contributed by atoms with Gasteiger partial charge in [0.1, 0.15) is 17.3 Å². The molecule has 0 aromatic heterocycles. The molecule has 1 aliphatic rings. The van der Waals surface area contributed by atoms with Crippen LogP contribution in [-0.4, -0.2) is 35.8 Å². The number of nitrogens with one attached hydrogen (secondary N) is 1. The number of anilines is 1. The van der Waals surface area contributed by atoms with Gasteiger partial charge in [0, 0.05) is 13.0 Å². The van der Waals surface area contributed by atoms with Crippen LogP contribution >= 0.6 is 0 Å². The first kappa shape index (κ1) is 20.4. The quantitative estimate of drug-likeness (QED) is 0.754. The van der Waals surface area contributed by atoms with E-state index in [9.17, 15) is 23.2 Å². The number of rotatable bonds is 6. The smallest absolute Gasteiger partial charge is 0.311 e. The molecule has 6 nitrogen and oxygen atoms in total. The van der Waals surface area contributed by atoms with Crippen LogP contribution < -0.4 is 5.32 Å². The fourth-order valence-corrected chi connectivity index (χ4v) is 3.22. The highest BCUT2D eigenvalue weighted by Gasteiger charge is 2.38. The zero-order chi connectivity index (χ0) is 21.0. The summed E-state index contributed by atoms with van der Waals surface area (Å²) in [6, 6.07) is 12.4. The summed E-state index contributed by atoms with van der Waals surface area (Å²) >= 11 is 0. The van der Waals surface area contributed by atoms with Gasteiger partial charge in [-0.3, -0.25) is 14.4 Å². The van der Waals surface area contributed by atoms with Crippen LogP contribution in [0.1, 0.15) is 24.9 Å². The van der Waals surface area contributed by atoms with E-state index in [2.05, 4.69) is 0 Å². The summed E-state index contributed by atoms with van der Waals surface area (Å²) in [7, 11) is 0. The fraction of sp³-hybridized carbons (Fsp3) is 0.286. The predicted molar refractivity (Wildman–Crippen MR) is 101 cm³/mol. The molecule has 0 unspecified atom stereocenters. The molecule has 8 heteroatoms. The number of carbonyl (C=O) groups is 3. The zero-order valence-corrected chi connectivity index (χ0v) is 15.7. The number of carbonyl (C=O) groups excluding carboxylic acids is 3. The Morgan fingerprint density at radius 1 is 1.14 bits per heavy atom. The third-order valence-electron chi connectivity index (χ3n) is 4.81. The first-order valence-corrected chi connectivity index (χ1v) is 9.11. The molecular formula is C21H20F2N2O4. The number of hydrogen-bond donors (Lipinski definition) is 1. The van der Waals surface area contributed by atoms with E-state index < -0.39 is 41.7 Å². The van der Waals surface area contributed by atoms with Crippen molar-refractivity contribution in [2.45, 2.75) is 19.4 Å². The van der Waals surface area contributed by atoms with Crippen molar-refractivity contribution < 1.29 is 27.9 Å². The van der Waals surface area contributed by atoms with Crippen LogP contribution in [0.3, 0.4) is 0 Å². The summed E-state index contributed by atoms with van der Waals surface area (Å²) in [6.45, 7) is 1.35. The largest absolute Gasteiger partial charge is 0.455 e. The van der Waals surface area contributed by atoms with Gasteiger partial charge in [-0.15, -0.1) is 0 Å². The molecule has 0 saturated carbocycles. The minimum Gasteiger partial charge on any atom is -0.455 e. The third-order valence-corrected chi connectivity index (χ3v) is 4.81. The summed E-state index contributed by atoms with van der Waals surface area (Å²) < 4.78 is 32.1. The third kappa shape index (κ3) is 4.77. The van der Waals surface area contributed by atoms with Crippen molar-refractivity contribution in [3.8, 4) is 0 Å². The number of nitrogens with zero attached hydrogens (tertiary/aromatic N) is 1. The van der Waals surface area contributed by atoms with Gasteiger partial charge in [-0.1, -0.05) is 36.4 Å². The van der Waals surface area contributed by atoms with Crippen LogP contribution in [0, 0.1) is 17.6 Å². The molecule has 0 radical (unpaired) electrons. The summed E-state index contributed by atoms with van der Waals surface area (Å²) in [6.07, 6.45) is -0.0143. The minimum atomic E-state index is -0.934. The monoisotopic (exact) mass is 402 g/mol. The second-order valence-electron chi connectivity index (χ2n) is 6.79. The Hall–Kier alpha value is -3.29. The predicted octanol–water partition coefficient (Wildman–Crippen LogP) is 3.06. The summed E-state index contributed by atoms with van der Waals surface area (Å²) in [4.78, 5) is 38.0. The van der Waals surface area contributed by atoms with E-state index in [1.165, 1.54) is 6.07 Å². The van der Waals surface area contributed by atoms with E-state index in [0.717, 1.165) is 17.7 Å². The zero-order valence-electron chi connectivity index (χ0n) is 15.7. The van der Waals surface area contributed by atoms with Crippen LogP contribution in [0.2, 0.25) is 0 Å². The molecule has 1 saturated heterocycles. The normalized spacial score (nSPS) is 17.1. The molecule has 1 aliphatic heterocycles. The Bertz CT molecular complexity index is 900. The molecule has 2 aromatic carbocycles. The van der Waals surface area contributed by atoms with Gasteiger partial charge in [-0.2, -0.15) is 0 Å². The SMILES string of the molecule is C[C@@H](c1ccccc1)N1C[C@H](C(=O)OCC(=O)Nc2c(F)cccc2F)CC1=O. The van der Waals surface area contributed by atoms with E-state index in [1.54, 1.807) is 4.90 Å². The number of benzene rings is 2. The lowest BCUT2D eigenvalue weighted by Gasteiger charge is -2.25. The van der Waals surface area contributed by atoms with E-state index in [1.807, 2.05) is 42.6 Å². The number of amides is 2. The van der Waals surface area contributed by atoms with Crippen molar-refractivity contribution in [1.82, 2.24) is 4.90 Å². The average Bonchev–Trinajstić information content (AvgIpc) is 3.11. The molecule has 2 amide bonds. The van der Waals surface area contributed by atoms with Gasteiger partial charge in [0.2, 0.25) is 5.91 Å². The van der Waals surface area contributed by atoms with Crippen molar-refractivity contribution in [2.75, 3.05) is 18.5 Å². The Kier molecular flexibility index (Phi) is 6.21. The highest BCUT2D eigenvalue weighted by molar-refractivity contribution is 5.94. The second kappa shape index (κ2) is 8.81. The maximum atomic E-state index is 13.6. The summed E-state index contributed by atoms with van der Waals surface area (Å²) in [5, 5.41) is 2.04. The molecular weight excluding hydrogens is 382 g/mol. The van der Waals surface area contributed by atoms with Crippen molar-refractivity contribution in [2.24, 2.45) is 5.92 Å². The van der Waals surface area contributed by atoms with E-state index in [4.69, 9.17) is 4.74 Å². The maximum absolute atomic E-state index is 13.6. The average molecular weight is 402 g/mol. The van der Waals surface area contributed by atoms with Gasteiger partial charge in [0.15, 0.2) is 6.61 Å². The molecule has 1 heterocycles. The molecule has 152 valence electrons. The van der Waals surface area contributed by atoms with Gasteiger partial charge in [-0.25, -0.2) is 8.78 Å². The molecule has 2 aromatic rings. The van der Waals surface area contributed by atoms with Crippen molar-refractivity contribution in [3.05, 3.63) is 65.7 Å². The Labute approximate surface area is 166 Å². The molecule has 0 aliphatic carbocycles. The van der Waals surface area contributed by atoms with Crippen LogP contribution in [0.5, 0.6) is 0 Å². The maximum Gasteiger partial charge on any atom is 0.311 e. The van der Waals surface area contributed by atoms with Crippen LogP contribution in [0.25, 0.3) is 0 Å². The lowest BCUT2D eigenvalue weighted by molar-refractivity contribution is -0.151. The highest BCUT2D eigenvalue weighted by atomic mass is 19.1. The van der Waals surface area contributed by atoms with Gasteiger partial charge >= 0.3 is 5.97 Å².